The highest BCUT2D eigenvalue weighted by Crippen LogP contribution is 2.38. The zero-order valence-electron chi connectivity index (χ0n) is 14.1. The number of benzene rings is 1. The summed E-state index contributed by atoms with van der Waals surface area (Å²) in [7, 11) is 4.51. The second-order valence-electron chi connectivity index (χ2n) is 6.07. The molecule has 1 heterocycles. The molecule has 1 saturated carbocycles. The predicted octanol–water partition coefficient (Wildman–Crippen LogP) is 1.21. The van der Waals surface area contributed by atoms with E-state index in [1.165, 1.54) is 21.3 Å². The van der Waals surface area contributed by atoms with Crippen molar-refractivity contribution in [2.24, 2.45) is 0 Å². The van der Waals surface area contributed by atoms with Gasteiger partial charge in [0.15, 0.2) is 11.5 Å². The van der Waals surface area contributed by atoms with Crippen LogP contribution in [0, 0.1) is 0 Å². The molecule has 7 nitrogen and oxygen atoms in total. The Labute approximate surface area is 140 Å². The Balaban J connectivity index is 1.74. The number of amides is 2. The first-order valence-electron chi connectivity index (χ1n) is 7.97. The number of hydrogen-bond donors (Lipinski definition) is 1. The zero-order valence-corrected chi connectivity index (χ0v) is 14.1. The van der Waals surface area contributed by atoms with Crippen LogP contribution in [0.1, 0.15) is 29.6 Å². The molecule has 1 aromatic rings. The lowest BCUT2D eigenvalue weighted by atomic mass is 10.1. The highest BCUT2D eigenvalue weighted by molar-refractivity contribution is 5.96. The Morgan fingerprint density at radius 3 is 2.25 bits per heavy atom. The van der Waals surface area contributed by atoms with Gasteiger partial charge in [-0.1, -0.05) is 0 Å². The first-order chi connectivity index (χ1) is 11.6. The van der Waals surface area contributed by atoms with Gasteiger partial charge in [0, 0.05) is 24.6 Å². The summed E-state index contributed by atoms with van der Waals surface area (Å²) in [6, 6.07) is 3.42. The van der Waals surface area contributed by atoms with Gasteiger partial charge in [0.1, 0.15) is 0 Å². The maximum absolute atomic E-state index is 12.5. The molecule has 1 unspecified atom stereocenters. The van der Waals surface area contributed by atoms with Gasteiger partial charge in [-0.2, -0.15) is 0 Å². The monoisotopic (exact) mass is 334 g/mol. The van der Waals surface area contributed by atoms with Gasteiger partial charge >= 0.3 is 0 Å². The summed E-state index contributed by atoms with van der Waals surface area (Å²) in [5, 5.41) is 2.92. The maximum atomic E-state index is 12.5. The van der Waals surface area contributed by atoms with Crippen molar-refractivity contribution in [2.45, 2.75) is 31.3 Å². The Kier molecular flexibility index (Phi) is 4.51. The third-order valence-corrected chi connectivity index (χ3v) is 4.41. The third kappa shape index (κ3) is 3.11. The van der Waals surface area contributed by atoms with E-state index < -0.39 is 0 Å². The fourth-order valence-electron chi connectivity index (χ4n) is 3.05. The van der Waals surface area contributed by atoms with Crippen LogP contribution >= 0.6 is 0 Å². The lowest BCUT2D eigenvalue weighted by Crippen LogP contribution is -2.37. The van der Waals surface area contributed by atoms with Gasteiger partial charge in [-0.15, -0.1) is 0 Å². The first-order valence-corrected chi connectivity index (χ1v) is 7.97. The van der Waals surface area contributed by atoms with Gasteiger partial charge in [0.05, 0.1) is 27.4 Å². The Bertz CT molecular complexity index is 631. The summed E-state index contributed by atoms with van der Waals surface area (Å²) in [6.07, 6.45) is 2.49. The van der Waals surface area contributed by atoms with E-state index in [2.05, 4.69) is 5.32 Å². The molecule has 1 saturated heterocycles. The molecular weight excluding hydrogens is 312 g/mol. The fourth-order valence-corrected chi connectivity index (χ4v) is 3.05. The van der Waals surface area contributed by atoms with E-state index >= 15 is 0 Å². The molecule has 24 heavy (non-hydrogen) atoms. The normalized spacial score (nSPS) is 20.0. The molecule has 2 fully saturated rings. The topological polar surface area (TPSA) is 77.1 Å². The number of hydrogen-bond acceptors (Lipinski definition) is 5. The minimum Gasteiger partial charge on any atom is -0.493 e. The van der Waals surface area contributed by atoms with Crippen molar-refractivity contribution in [3.8, 4) is 17.2 Å². The largest absolute Gasteiger partial charge is 0.493 e. The quantitative estimate of drug-likeness (QED) is 0.846. The number of methoxy groups -OCH3 is 3. The van der Waals surface area contributed by atoms with Crippen LogP contribution in [0.25, 0.3) is 0 Å². The lowest BCUT2D eigenvalue weighted by molar-refractivity contribution is -0.128. The van der Waals surface area contributed by atoms with E-state index in [1.54, 1.807) is 12.1 Å². The van der Waals surface area contributed by atoms with Crippen molar-refractivity contribution in [3.05, 3.63) is 17.7 Å². The maximum Gasteiger partial charge on any atom is 0.251 e. The van der Waals surface area contributed by atoms with Crippen LogP contribution in [0.15, 0.2) is 12.1 Å². The first kappa shape index (κ1) is 16.4. The molecule has 1 aromatic carbocycles. The van der Waals surface area contributed by atoms with Crippen molar-refractivity contribution in [2.75, 3.05) is 27.9 Å². The average molecular weight is 334 g/mol. The van der Waals surface area contributed by atoms with E-state index in [-0.39, 0.29) is 17.9 Å². The fraction of sp³-hybridized carbons (Fsp3) is 0.529. The second-order valence-corrected chi connectivity index (χ2v) is 6.07. The average Bonchev–Trinajstić information content (AvgIpc) is 3.36. The minimum absolute atomic E-state index is 0.118. The molecule has 1 aliphatic carbocycles. The number of rotatable bonds is 6. The highest BCUT2D eigenvalue weighted by atomic mass is 16.5. The molecule has 0 aromatic heterocycles. The van der Waals surface area contributed by atoms with Crippen LogP contribution in [-0.4, -0.2) is 56.7 Å². The molecule has 7 heteroatoms. The van der Waals surface area contributed by atoms with Crippen molar-refractivity contribution < 1.29 is 23.8 Å². The van der Waals surface area contributed by atoms with Crippen molar-refractivity contribution in [1.82, 2.24) is 10.2 Å². The predicted molar refractivity (Wildman–Crippen MR) is 86.7 cm³/mol. The summed E-state index contributed by atoms with van der Waals surface area (Å²) in [5.74, 6) is 1.14. The smallest absolute Gasteiger partial charge is 0.251 e. The van der Waals surface area contributed by atoms with E-state index in [0.717, 1.165) is 12.8 Å². The van der Waals surface area contributed by atoms with Gasteiger partial charge in [0.25, 0.3) is 5.91 Å². The highest BCUT2D eigenvalue weighted by Gasteiger charge is 2.39. The molecule has 1 N–H and O–H groups in total. The molecular formula is C17H22N2O5. The Morgan fingerprint density at radius 2 is 1.75 bits per heavy atom. The van der Waals surface area contributed by atoms with E-state index in [4.69, 9.17) is 14.2 Å². The van der Waals surface area contributed by atoms with Gasteiger partial charge in [0.2, 0.25) is 11.7 Å². The molecule has 130 valence electrons. The second kappa shape index (κ2) is 6.59. The van der Waals surface area contributed by atoms with Gasteiger partial charge < -0.3 is 24.4 Å². The van der Waals surface area contributed by atoms with Crippen molar-refractivity contribution in [3.63, 3.8) is 0 Å². The third-order valence-electron chi connectivity index (χ3n) is 4.41. The minimum atomic E-state index is -0.260. The summed E-state index contributed by atoms with van der Waals surface area (Å²) < 4.78 is 15.8. The number of nitrogens with one attached hydrogen (secondary N) is 1. The molecule has 1 atom stereocenters. The standard InChI is InChI=1S/C17H22N2O5/c1-22-13-6-10(7-14(23-2)16(13)24-3)17(21)18-11-8-15(20)19(9-11)12-4-5-12/h6-7,11-12H,4-5,8-9H2,1-3H3,(H,18,21). The summed E-state index contributed by atoms with van der Waals surface area (Å²) in [6.45, 7) is 0.583. The van der Waals surface area contributed by atoms with Crippen LogP contribution in [0.3, 0.4) is 0 Å². The number of carbonyl (C=O) groups excluding carboxylic acids is 2. The number of nitrogens with zero attached hydrogens (tertiary/aromatic N) is 1. The van der Waals surface area contributed by atoms with Crippen LogP contribution in [0.5, 0.6) is 17.2 Å². The zero-order chi connectivity index (χ0) is 17.3. The summed E-state index contributed by atoms with van der Waals surface area (Å²) in [4.78, 5) is 26.4. The molecule has 2 aliphatic rings. The molecule has 0 radical (unpaired) electrons. The lowest BCUT2D eigenvalue weighted by Gasteiger charge is -2.17. The number of likely N-dealkylation sites (tertiary alicyclic amines) is 1. The van der Waals surface area contributed by atoms with E-state index in [9.17, 15) is 9.59 Å². The van der Waals surface area contributed by atoms with Crippen LogP contribution < -0.4 is 19.5 Å². The molecule has 2 amide bonds. The molecule has 1 aliphatic heterocycles. The van der Waals surface area contributed by atoms with Crippen molar-refractivity contribution >= 4 is 11.8 Å². The van der Waals surface area contributed by atoms with Crippen LogP contribution in [0.2, 0.25) is 0 Å². The SMILES string of the molecule is COc1cc(C(=O)NC2CC(=O)N(C3CC3)C2)cc(OC)c1OC. The van der Waals surface area contributed by atoms with Gasteiger partial charge in [-0.3, -0.25) is 9.59 Å². The van der Waals surface area contributed by atoms with Gasteiger partial charge in [-0.25, -0.2) is 0 Å². The van der Waals surface area contributed by atoms with Crippen LogP contribution in [-0.2, 0) is 4.79 Å². The number of carbonyl (C=O) groups is 2. The Hall–Kier alpha value is -2.44. The van der Waals surface area contributed by atoms with Gasteiger partial charge in [-0.05, 0) is 25.0 Å². The molecule has 0 bridgehead atoms. The van der Waals surface area contributed by atoms with Crippen LogP contribution in [0.4, 0.5) is 0 Å². The molecule has 3 rings (SSSR count). The Morgan fingerprint density at radius 1 is 1.12 bits per heavy atom. The molecule has 0 spiro atoms. The number of ether oxygens (including phenoxy) is 3. The van der Waals surface area contributed by atoms with E-state index in [1.807, 2.05) is 4.90 Å². The van der Waals surface area contributed by atoms with E-state index in [0.29, 0.717) is 41.8 Å². The van der Waals surface area contributed by atoms with Crippen molar-refractivity contribution in [1.29, 1.82) is 0 Å². The summed E-state index contributed by atoms with van der Waals surface area (Å²) >= 11 is 0. The summed E-state index contributed by atoms with van der Waals surface area (Å²) in [5.41, 5.74) is 0.404.